The molecule has 0 radical (unpaired) electrons. The van der Waals surface area contributed by atoms with Gasteiger partial charge in [-0.15, -0.1) is 0 Å². The molecule has 104 valence electrons. The quantitative estimate of drug-likeness (QED) is 0.455. The zero-order valence-corrected chi connectivity index (χ0v) is 13.0. The largest absolute Gasteiger partial charge is 0.465 e. The van der Waals surface area contributed by atoms with Gasteiger partial charge in [-0.05, 0) is 65.1 Å². The number of esters is 1. The highest BCUT2D eigenvalue weighted by Crippen LogP contribution is 2.18. The van der Waals surface area contributed by atoms with Crippen molar-refractivity contribution in [2.75, 3.05) is 0 Å². The Hall–Kier alpha value is -2.15. The lowest BCUT2D eigenvalue weighted by molar-refractivity contribution is -0.130. The summed E-state index contributed by atoms with van der Waals surface area (Å²) in [5.41, 5.74) is 1.06. The zero-order chi connectivity index (χ0) is 14.7. The molecule has 0 unspecified atom stereocenters. The van der Waals surface area contributed by atoms with Gasteiger partial charge in [-0.25, -0.2) is 9.79 Å². The van der Waals surface area contributed by atoms with E-state index in [1.807, 2.05) is 30.3 Å². The number of furan rings is 1. The average Bonchev–Trinajstić information content (AvgIpc) is 3.10. The van der Waals surface area contributed by atoms with E-state index in [4.69, 9.17) is 9.15 Å². The maximum atomic E-state index is 11.8. The van der Waals surface area contributed by atoms with Crippen LogP contribution < -0.4 is 0 Å². The number of cyclic esters (lactones) is 1. The molecule has 3 rings (SSSR count). The first-order valence-electron chi connectivity index (χ1n) is 6.21. The van der Waals surface area contributed by atoms with Crippen LogP contribution in [0, 0.1) is 3.57 Å². The number of carbonyl (C=O) groups excluding carboxylic acids is 1. The predicted molar refractivity (Wildman–Crippen MR) is 87.6 cm³/mol. The van der Waals surface area contributed by atoms with Gasteiger partial charge in [-0.1, -0.05) is 12.1 Å². The zero-order valence-electron chi connectivity index (χ0n) is 10.8. The van der Waals surface area contributed by atoms with E-state index in [1.54, 1.807) is 30.6 Å². The lowest BCUT2D eigenvalue weighted by Crippen LogP contribution is -2.05. The van der Waals surface area contributed by atoms with Gasteiger partial charge in [0.05, 0.1) is 6.26 Å². The van der Waals surface area contributed by atoms with E-state index in [-0.39, 0.29) is 5.70 Å². The molecule has 1 aliphatic heterocycles. The van der Waals surface area contributed by atoms with Crippen molar-refractivity contribution in [1.82, 2.24) is 0 Å². The topological polar surface area (TPSA) is 51.8 Å². The van der Waals surface area contributed by atoms with Gasteiger partial charge in [0.15, 0.2) is 5.70 Å². The minimum Gasteiger partial charge on any atom is -0.465 e. The third-order valence-electron chi connectivity index (χ3n) is 2.75. The van der Waals surface area contributed by atoms with Gasteiger partial charge in [0.25, 0.3) is 0 Å². The van der Waals surface area contributed by atoms with Gasteiger partial charge in [-0.2, -0.15) is 0 Å². The molecule has 21 heavy (non-hydrogen) atoms. The maximum absolute atomic E-state index is 11.8. The van der Waals surface area contributed by atoms with E-state index < -0.39 is 5.97 Å². The van der Waals surface area contributed by atoms with Crippen LogP contribution >= 0.6 is 22.6 Å². The van der Waals surface area contributed by atoms with Crippen molar-refractivity contribution >= 4 is 40.5 Å². The molecule has 0 spiro atoms. The molecule has 0 aliphatic carbocycles. The average molecular weight is 391 g/mol. The number of nitrogens with zero attached hydrogens (tertiary/aromatic N) is 1. The predicted octanol–water partition coefficient (Wildman–Crippen LogP) is 3.78. The smallest absolute Gasteiger partial charge is 0.363 e. The number of hydrogen-bond donors (Lipinski definition) is 0. The highest BCUT2D eigenvalue weighted by Gasteiger charge is 2.23. The van der Waals surface area contributed by atoms with Gasteiger partial charge in [0.1, 0.15) is 5.76 Å². The van der Waals surface area contributed by atoms with Crippen LogP contribution in [0.1, 0.15) is 11.3 Å². The summed E-state index contributed by atoms with van der Waals surface area (Å²) in [4.78, 5) is 16.0. The maximum Gasteiger partial charge on any atom is 0.363 e. The summed E-state index contributed by atoms with van der Waals surface area (Å²) in [6, 6.07) is 11.2. The minimum atomic E-state index is -0.451. The molecule has 0 atom stereocenters. The Morgan fingerprint density at radius 3 is 2.86 bits per heavy atom. The third-order valence-corrected chi connectivity index (χ3v) is 3.42. The van der Waals surface area contributed by atoms with Gasteiger partial charge in [0, 0.05) is 9.13 Å². The standard InChI is InChI=1S/C16H10INO3/c17-12-5-1-4-11(10-12)15-18-14(16(19)21-15)8-2-6-13-7-3-9-20-13/h1-10H/b6-2+,14-8-. The summed E-state index contributed by atoms with van der Waals surface area (Å²) in [7, 11) is 0. The number of allylic oxidation sites excluding steroid dienone is 2. The SMILES string of the molecule is O=C1OC(c2cccc(I)c2)=N/C1=C\C=C\c1ccco1. The summed E-state index contributed by atoms with van der Waals surface area (Å²) in [5.74, 6) is 0.587. The number of rotatable bonds is 3. The molecule has 4 nitrogen and oxygen atoms in total. The van der Waals surface area contributed by atoms with Crippen molar-refractivity contribution in [3.63, 3.8) is 0 Å². The van der Waals surface area contributed by atoms with E-state index in [2.05, 4.69) is 27.6 Å². The number of hydrogen-bond acceptors (Lipinski definition) is 4. The third kappa shape index (κ3) is 3.30. The normalized spacial score (nSPS) is 16.5. The summed E-state index contributed by atoms with van der Waals surface area (Å²) in [5, 5.41) is 0. The van der Waals surface area contributed by atoms with E-state index in [1.165, 1.54) is 0 Å². The molecule has 1 aromatic carbocycles. The fourth-order valence-electron chi connectivity index (χ4n) is 1.79. The molecule has 0 saturated carbocycles. The summed E-state index contributed by atoms with van der Waals surface area (Å²) in [6.07, 6.45) is 6.64. The van der Waals surface area contributed by atoms with Gasteiger partial charge < -0.3 is 9.15 Å². The van der Waals surface area contributed by atoms with E-state index >= 15 is 0 Å². The number of benzene rings is 1. The monoisotopic (exact) mass is 391 g/mol. The first-order chi connectivity index (χ1) is 10.2. The lowest BCUT2D eigenvalue weighted by atomic mass is 10.2. The molecule has 0 bridgehead atoms. The highest BCUT2D eigenvalue weighted by atomic mass is 127. The van der Waals surface area contributed by atoms with E-state index in [0.717, 1.165) is 9.13 Å². The molecule has 1 aliphatic rings. The Labute approximate surface area is 135 Å². The Kier molecular flexibility index (Phi) is 4.01. The Balaban J connectivity index is 1.82. The van der Waals surface area contributed by atoms with E-state index in [9.17, 15) is 4.79 Å². The molecule has 5 heteroatoms. The summed E-state index contributed by atoms with van der Waals surface area (Å²) in [6.45, 7) is 0. The highest BCUT2D eigenvalue weighted by molar-refractivity contribution is 14.1. The number of halogens is 1. The van der Waals surface area contributed by atoms with Crippen LogP contribution in [-0.4, -0.2) is 11.9 Å². The van der Waals surface area contributed by atoms with Crippen LogP contribution in [0.4, 0.5) is 0 Å². The lowest BCUT2D eigenvalue weighted by Gasteiger charge is -1.99. The first-order valence-corrected chi connectivity index (χ1v) is 7.29. The van der Waals surface area contributed by atoms with Crippen LogP contribution in [0.5, 0.6) is 0 Å². The van der Waals surface area contributed by atoms with Crippen molar-refractivity contribution < 1.29 is 13.9 Å². The Bertz CT molecular complexity index is 758. The molecule has 0 amide bonds. The van der Waals surface area contributed by atoms with Crippen molar-refractivity contribution in [3.05, 3.63) is 75.4 Å². The molecule has 0 N–H and O–H groups in total. The van der Waals surface area contributed by atoms with Crippen molar-refractivity contribution in [3.8, 4) is 0 Å². The number of aliphatic imine (C=N–C) groups is 1. The second kappa shape index (κ2) is 6.09. The van der Waals surface area contributed by atoms with Crippen LogP contribution in [0.15, 0.2) is 69.9 Å². The molecule has 1 aromatic heterocycles. The molecule has 0 saturated heterocycles. The fraction of sp³-hybridized carbons (Fsp3) is 0. The van der Waals surface area contributed by atoms with Crippen molar-refractivity contribution in [2.45, 2.75) is 0 Å². The summed E-state index contributed by atoms with van der Waals surface area (Å²) >= 11 is 2.20. The number of ether oxygens (including phenoxy) is 1. The Morgan fingerprint density at radius 1 is 1.19 bits per heavy atom. The number of carbonyl (C=O) groups is 1. The molecule has 0 fully saturated rings. The van der Waals surface area contributed by atoms with Gasteiger partial charge in [-0.3, -0.25) is 0 Å². The van der Waals surface area contributed by atoms with Crippen LogP contribution in [0.3, 0.4) is 0 Å². The van der Waals surface area contributed by atoms with Crippen LogP contribution in [-0.2, 0) is 9.53 Å². The summed E-state index contributed by atoms with van der Waals surface area (Å²) < 4.78 is 11.4. The van der Waals surface area contributed by atoms with Crippen LogP contribution in [0.2, 0.25) is 0 Å². The minimum absolute atomic E-state index is 0.270. The Morgan fingerprint density at radius 2 is 2.10 bits per heavy atom. The van der Waals surface area contributed by atoms with Gasteiger partial charge >= 0.3 is 5.97 Å². The first kappa shape index (κ1) is 13.8. The van der Waals surface area contributed by atoms with E-state index in [0.29, 0.717) is 11.7 Å². The molecular formula is C16H10INO3. The fourth-order valence-corrected chi connectivity index (χ4v) is 2.33. The molecule has 2 heterocycles. The molecule has 2 aromatic rings. The van der Waals surface area contributed by atoms with Crippen molar-refractivity contribution in [1.29, 1.82) is 0 Å². The van der Waals surface area contributed by atoms with Crippen molar-refractivity contribution in [2.24, 2.45) is 4.99 Å². The van der Waals surface area contributed by atoms with Gasteiger partial charge in [0.2, 0.25) is 5.90 Å². The molecular weight excluding hydrogens is 381 g/mol. The second-order valence-corrected chi connectivity index (χ2v) is 5.49. The van der Waals surface area contributed by atoms with Crippen LogP contribution in [0.25, 0.3) is 6.08 Å². The second-order valence-electron chi connectivity index (χ2n) is 4.24.